The number of carbonyl (C=O) groups is 2. The topological polar surface area (TPSA) is 74.3 Å². The van der Waals surface area contributed by atoms with Crippen LogP contribution in [0.1, 0.15) is 64.1 Å². The first-order valence-electron chi connectivity index (χ1n) is 10.9. The summed E-state index contributed by atoms with van der Waals surface area (Å²) in [7, 11) is 5.65. The number of rotatable bonds is 7. The maximum absolute atomic E-state index is 12.9. The molecule has 31 heavy (non-hydrogen) atoms. The van der Waals surface area contributed by atoms with E-state index >= 15 is 0 Å². The van der Waals surface area contributed by atoms with Gasteiger partial charge in [-0.05, 0) is 58.6 Å². The predicted molar refractivity (Wildman–Crippen MR) is 116 cm³/mol. The van der Waals surface area contributed by atoms with Gasteiger partial charge < -0.3 is 18.9 Å². The number of hydrogen-bond donors (Lipinski definition) is 0. The Morgan fingerprint density at radius 1 is 1.26 bits per heavy atom. The molecule has 0 N–H and O–H groups in total. The minimum absolute atomic E-state index is 0.0209. The van der Waals surface area contributed by atoms with E-state index in [9.17, 15) is 9.59 Å². The molecule has 1 saturated carbocycles. The number of benzene rings is 1. The molecule has 168 valence electrons. The lowest BCUT2D eigenvalue weighted by molar-refractivity contribution is -0.144. The van der Waals surface area contributed by atoms with Gasteiger partial charge in [-0.1, -0.05) is 12.1 Å². The van der Waals surface area contributed by atoms with Crippen molar-refractivity contribution in [2.75, 3.05) is 26.3 Å². The molecule has 0 unspecified atom stereocenters. The van der Waals surface area contributed by atoms with E-state index in [1.807, 2.05) is 52.8 Å². The van der Waals surface area contributed by atoms with E-state index in [0.717, 1.165) is 17.5 Å². The summed E-state index contributed by atoms with van der Waals surface area (Å²) in [6, 6.07) is 5.52. The largest absolute Gasteiger partial charge is 0.490 e. The molecule has 7 nitrogen and oxygen atoms in total. The number of fused-ring (bicyclic) bond motifs is 1. The lowest BCUT2D eigenvalue weighted by Gasteiger charge is -2.40. The normalized spacial score (nSPS) is 24.5. The zero-order valence-electron chi connectivity index (χ0n) is 19.1. The highest BCUT2D eigenvalue weighted by Gasteiger charge is 2.46. The number of carbonyl (C=O) groups excluding carboxylic acids is 2. The van der Waals surface area contributed by atoms with Crippen LogP contribution in [0.25, 0.3) is 0 Å². The van der Waals surface area contributed by atoms with Gasteiger partial charge in [0.05, 0.1) is 18.6 Å². The standard InChI is InChI=1S/C23H32BNO6/c1-6-25(22(27)31-23(3,4)5)20-15-9-8-14(16-11-17(16)21(26)28-7-2)10-18(15)29-12-19(20)30-13-24/h8-10,16-17,19-20H,6-7,11-13H2,1-5H3/t16-,17+,19-,20+/m1/s1. The fourth-order valence-corrected chi connectivity index (χ4v) is 4.08. The Morgan fingerprint density at radius 3 is 2.61 bits per heavy atom. The van der Waals surface area contributed by atoms with Crippen molar-refractivity contribution in [2.24, 2.45) is 5.92 Å². The molecule has 2 radical (unpaired) electrons. The van der Waals surface area contributed by atoms with Gasteiger partial charge in [-0.15, -0.1) is 0 Å². The molecule has 3 rings (SSSR count). The molecule has 0 saturated heterocycles. The third kappa shape index (κ3) is 5.35. The first kappa shape index (κ1) is 23.4. The predicted octanol–water partition coefficient (Wildman–Crippen LogP) is 3.55. The number of nitrogens with zero attached hydrogens (tertiary/aromatic N) is 1. The van der Waals surface area contributed by atoms with Crippen LogP contribution in [0.3, 0.4) is 0 Å². The number of likely N-dealkylation sites (N-methyl/N-ethyl adjacent to an activating group) is 1. The number of esters is 1. The summed E-state index contributed by atoms with van der Waals surface area (Å²) in [4.78, 5) is 26.6. The third-order valence-corrected chi connectivity index (χ3v) is 5.53. The van der Waals surface area contributed by atoms with Crippen molar-refractivity contribution in [1.29, 1.82) is 0 Å². The first-order valence-corrected chi connectivity index (χ1v) is 10.9. The summed E-state index contributed by atoms with van der Waals surface area (Å²) in [5, 5.41) is 0. The van der Waals surface area contributed by atoms with Crippen molar-refractivity contribution in [3.05, 3.63) is 29.3 Å². The molecule has 1 aliphatic heterocycles. The van der Waals surface area contributed by atoms with Crippen molar-refractivity contribution in [2.45, 2.75) is 64.7 Å². The molecule has 4 atom stereocenters. The molecule has 0 spiro atoms. The van der Waals surface area contributed by atoms with E-state index in [-0.39, 0.29) is 37.0 Å². The van der Waals surface area contributed by atoms with E-state index in [1.54, 1.807) is 4.90 Å². The van der Waals surface area contributed by atoms with E-state index in [4.69, 9.17) is 26.8 Å². The van der Waals surface area contributed by atoms with Crippen LogP contribution in [0.15, 0.2) is 18.2 Å². The zero-order chi connectivity index (χ0) is 22.8. The maximum Gasteiger partial charge on any atom is 0.410 e. The summed E-state index contributed by atoms with van der Waals surface area (Å²) in [6.07, 6.45) is -0.0463. The summed E-state index contributed by atoms with van der Waals surface area (Å²) < 4.78 is 22.5. The Balaban J connectivity index is 1.87. The van der Waals surface area contributed by atoms with Crippen LogP contribution in [-0.2, 0) is 19.0 Å². The highest BCUT2D eigenvalue weighted by molar-refractivity contribution is 6.08. The monoisotopic (exact) mass is 429 g/mol. The quantitative estimate of drug-likeness (QED) is 0.488. The minimum Gasteiger partial charge on any atom is -0.490 e. The average molecular weight is 429 g/mol. The summed E-state index contributed by atoms with van der Waals surface area (Å²) in [5.74, 6) is 0.579. The van der Waals surface area contributed by atoms with Crippen LogP contribution in [0, 0.1) is 5.92 Å². The van der Waals surface area contributed by atoms with E-state index in [2.05, 4.69) is 0 Å². The Bertz CT molecular complexity index is 808. The third-order valence-electron chi connectivity index (χ3n) is 5.53. The smallest absolute Gasteiger partial charge is 0.410 e. The molecule has 1 fully saturated rings. The Labute approximate surface area is 185 Å². The Kier molecular flexibility index (Phi) is 7.19. The molecule has 1 aromatic carbocycles. The second kappa shape index (κ2) is 9.51. The maximum atomic E-state index is 12.9. The molecule has 1 heterocycles. The summed E-state index contributed by atoms with van der Waals surface area (Å²) in [5.41, 5.74) is 1.27. The van der Waals surface area contributed by atoms with Crippen LogP contribution >= 0.6 is 0 Å². The van der Waals surface area contributed by atoms with Gasteiger partial charge >= 0.3 is 12.1 Å². The fourth-order valence-electron chi connectivity index (χ4n) is 4.08. The Hall–Kier alpha value is -2.22. The highest BCUT2D eigenvalue weighted by atomic mass is 16.6. The average Bonchev–Trinajstić information content (AvgIpc) is 3.49. The Morgan fingerprint density at radius 2 is 2.00 bits per heavy atom. The minimum atomic E-state index is -0.610. The van der Waals surface area contributed by atoms with E-state index in [1.165, 1.54) is 0 Å². The molecule has 1 amide bonds. The van der Waals surface area contributed by atoms with Crippen LogP contribution in [0.2, 0.25) is 0 Å². The van der Waals surface area contributed by atoms with Gasteiger partial charge in [-0.3, -0.25) is 9.69 Å². The van der Waals surface area contributed by atoms with Crippen molar-refractivity contribution in [3.8, 4) is 5.75 Å². The van der Waals surface area contributed by atoms with E-state index in [0.29, 0.717) is 18.9 Å². The molecule has 0 bridgehead atoms. The summed E-state index contributed by atoms with van der Waals surface area (Å²) in [6.45, 7) is 10.4. The van der Waals surface area contributed by atoms with Gasteiger partial charge in [0.2, 0.25) is 0 Å². The van der Waals surface area contributed by atoms with Crippen LogP contribution in [0.4, 0.5) is 4.79 Å². The van der Waals surface area contributed by atoms with Gasteiger partial charge in [0, 0.05) is 18.6 Å². The number of amides is 1. The van der Waals surface area contributed by atoms with Gasteiger partial charge in [0.25, 0.3) is 0 Å². The SMILES string of the molecule is [B]CO[C@@H]1COc2cc([C@H]3C[C@@H]3C(=O)OCC)ccc2[C@@H]1N(CC)C(=O)OC(C)(C)C. The second-order valence-corrected chi connectivity index (χ2v) is 8.89. The molecule has 1 aromatic rings. The van der Waals surface area contributed by atoms with Crippen molar-refractivity contribution in [1.82, 2.24) is 4.90 Å². The summed E-state index contributed by atoms with van der Waals surface area (Å²) >= 11 is 0. The molecular formula is C23H32BNO6. The lowest BCUT2D eigenvalue weighted by atomic mass is 9.94. The lowest BCUT2D eigenvalue weighted by Crippen LogP contribution is -2.47. The van der Waals surface area contributed by atoms with E-state index < -0.39 is 17.8 Å². The fraction of sp³-hybridized carbons (Fsp3) is 0.652. The second-order valence-electron chi connectivity index (χ2n) is 8.89. The zero-order valence-corrected chi connectivity index (χ0v) is 19.1. The first-order chi connectivity index (χ1) is 14.7. The number of ether oxygens (including phenoxy) is 4. The van der Waals surface area contributed by atoms with Crippen molar-refractivity contribution < 1.29 is 28.5 Å². The molecule has 1 aliphatic carbocycles. The molecular weight excluding hydrogens is 397 g/mol. The van der Waals surface area contributed by atoms with Crippen LogP contribution in [0.5, 0.6) is 5.75 Å². The van der Waals surface area contributed by atoms with Crippen LogP contribution < -0.4 is 4.74 Å². The highest BCUT2D eigenvalue weighted by Crippen LogP contribution is 2.50. The van der Waals surface area contributed by atoms with Gasteiger partial charge in [0.15, 0.2) is 0 Å². The van der Waals surface area contributed by atoms with Gasteiger partial charge in [-0.2, -0.15) is 0 Å². The molecule has 2 aliphatic rings. The van der Waals surface area contributed by atoms with Crippen molar-refractivity contribution in [3.63, 3.8) is 0 Å². The van der Waals surface area contributed by atoms with Crippen LogP contribution in [-0.4, -0.2) is 62.8 Å². The molecule has 8 heteroatoms. The van der Waals surface area contributed by atoms with Gasteiger partial charge in [0.1, 0.15) is 31.9 Å². The van der Waals surface area contributed by atoms with Gasteiger partial charge in [-0.25, -0.2) is 4.79 Å². The number of hydrogen-bond acceptors (Lipinski definition) is 6. The molecule has 0 aromatic heterocycles. The van der Waals surface area contributed by atoms with Crippen molar-refractivity contribution >= 4 is 19.9 Å².